The third-order valence-electron chi connectivity index (χ3n) is 6.48. The normalized spacial score (nSPS) is 46.0. The number of oxazole rings is 1. The van der Waals surface area contributed by atoms with Crippen LogP contribution in [0.25, 0.3) is 0 Å². The zero-order chi connectivity index (χ0) is 14.9. The molecule has 0 aromatic carbocycles. The molecule has 4 saturated carbocycles. The highest BCUT2D eigenvalue weighted by molar-refractivity contribution is 5.23. The minimum Gasteiger partial charge on any atom is -0.443 e. The quantitative estimate of drug-likeness (QED) is 0.905. The third-order valence-corrected chi connectivity index (χ3v) is 6.48. The molecule has 0 spiro atoms. The maximum atomic E-state index is 6.24. The van der Waals surface area contributed by atoms with Gasteiger partial charge in [-0.2, -0.15) is 0 Å². The molecule has 0 radical (unpaired) electrons. The monoisotopic (exact) mass is 288 g/mol. The first-order valence-corrected chi connectivity index (χ1v) is 8.49. The first-order valence-electron chi connectivity index (χ1n) is 8.49. The van der Waals surface area contributed by atoms with Crippen LogP contribution in [0.15, 0.2) is 10.6 Å². The Morgan fingerprint density at radius 2 is 1.86 bits per heavy atom. The van der Waals surface area contributed by atoms with E-state index in [4.69, 9.17) is 4.42 Å². The predicted molar refractivity (Wildman–Crippen MR) is 83.1 cm³/mol. The number of hydrogen-bond donors (Lipinski definition) is 1. The fraction of sp³-hybridized carbons (Fsp3) is 0.833. The molecule has 3 nitrogen and oxygen atoms in total. The van der Waals surface area contributed by atoms with E-state index in [1.54, 1.807) is 0 Å². The molecule has 1 N–H and O–H groups in total. The van der Waals surface area contributed by atoms with Gasteiger partial charge in [0, 0.05) is 5.41 Å². The van der Waals surface area contributed by atoms with Gasteiger partial charge in [0.25, 0.3) is 0 Å². The molecule has 3 unspecified atom stereocenters. The van der Waals surface area contributed by atoms with E-state index in [1.807, 2.05) is 13.2 Å². The summed E-state index contributed by atoms with van der Waals surface area (Å²) >= 11 is 0. The van der Waals surface area contributed by atoms with Crippen LogP contribution in [0.3, 0.4) is 0 Å². The molecule has 5 rings (SSSR count). The average Bonchev–Trinajstić information content (AvgIpc) is 2.83. The summed E-state index contributed by atoms with van der Waals surface area (Å²) in [5, 5.41) is 3.23. The van der Waals surface area contributed by atoms with Gasteiger partial charge in [-0.3, -0.25) is 0 Å². The van der Waals surface area contributed by atoms with Crippen molar-refractivity contribution in [1.29, 1.82) is 0 Å². The Morgan fingerprint density at radius 1 is 1.19 bits per heavy atom. The van der Waals surface area contributed by atoms with Gasteiger partial charge in [0.05, 0.1) is 12.2 Å². The van der Waals surface area contributed by atoms with Crippen molar-refractivity contribution in [3.05, 3.63) is 17.8 Å². The highest BCUT2D eigenvalue weighted by atomic mass is 16.4. The van der Waals surface area contributed by atoms with E-state index in [-0.39, 0.29) is 11.5 Å². The number of nitrogens with zero attached hydrogens (tertiary/aromatic N) is 1. The lowest BCUT2D eigenvalue weighted by molar-refractivity contribution is -0.116. The molecule has 3 heteroatoms. The number of rotatable bonds is 3. The van der Waals surface area contributed by atoms with Gasteiger partial charge in [-0.15, -0.1) is 0 Å². The number of aromatic nitrogens is 1. The second-order valence-corrected chi connectivity index (χ2v) is 8.98. The molecule has 0 aliphatic heterocycles. The third kappa shape index (κ3) is 2.00. The van der Waals surface area contributed by atoms with E-state index < -0.39 is 0 Å². The van der Waals surface area contributed by atoms with Crippen molar-refractivity contribution >= 4 is 0 Å². The molecule has 1 aromatic rings. The Morgan fingerprint density at radius 3 is 2.43 bits per heavy atom. The smallest absolute Gasteiger partial charge is 0.211 e. The Kier molecular flexibility index (Phi) is 2.71. The fourth-order valence-corrected chi connectivity index (χ4v) is 6.58. The number of nitrogens with one attached hydrogen (secondary N) is 1. The Hall–Kier alpha value is -0.830. The molecule has 0 amide bonds. The van der Waals surface area contributed by atoms with Crippen molar-refractivity contribution in [2.24, 2.45) is 16.7 Å². The van der Waals surface area contributed by atoms with Crippen LogP contribution >= 0.6 is 0 Å². The molecule has 1 heterocycles. The van der Waals surface area contributed by atoms with Gasteiger partial charge < -0.3 is 9.73 Å². The van der Waals surface area contributed by atoms with Crippen molar-refractivity contribution in [2.45, 2.75) is 70.8 Å². The first kappa shape index (κ1) is 13.8. The van der Waals surface area contributed by atoms with Crippen LogP contribution in [0.1, 0.15) is 77.0 Å². The molecule has 116 valence electrons. The van der Waals surface area contributed by atoms with Crippen LogP contribution < -0.4 is 5.32 Å². The van der Waals surface area contributed by atoms with Crippen molar-refractivity contribution in [3.8, 4) is 0 Å². The Balaban J connectivity index is 1.72. The van der Waals surface area contributed by atoms with Crippen molar-refractivity contribution in [1.82, 2.24) is 10.3 Å². The summed E-state index contributed by atoms with van der Waals surface area (Å²) in [5.74, 6) is 2.91. The van der Waals surface area contributed by atoms with E-state index >= 15 is 0 Å². The second-order valence-electron chi connectivity index (χ2n) is 8.98. The van der Waals surface area contributed by atoms with Crippen LogP contribution in [-0.2, 0) is 5.41 Å². The molecule has 4 aliphatic rings. The molecular formula is C18H28N2O. The minimum atomic E-state index is 0.193. The van der Waals surface area contributed by atoms with Crippen molar-refractivity contribution < 1.29 is 4.42 Å². The minimum absolute atomic E-state index is 0.193. The Labute approximate surface area is 127 Å². The van der Waals surface area contributed by atoms with Crippen LogP contribution in [0, 0.1) is 16.7 Å². The van der Waals surface area contributed by atoms with Gasteiger partial charge in [-0.05, 0) is 69.2 Å². The lowest BCUT2D eigenvalue weighted by Crippen LogP contribution is -2.56. The van der Waals surface area contributed by atoms with Crippen LogP contribution in [0.5, 0.6) is 0 Å². The van der Waals surface area contributed by atoms with E-state index in [1.165, 1.54) is 44.3 Å². The van der Waals surface area contributed by atoms with Crippen molar-refractivity contribution in [3.63, 3.8) is 0 Å². The largest absolute Gasteiger partial charge is 0.443 e. The van der Waals surface area contributed by atoms with Gasteiger partial charge in [0.2, 0.25) is 5.89 Å². The zero-order valence-electron chi connectivity index (χ0n) is 13.8. The summed E-state index contributed by atoms with van der Waals surface area (Å²) in [6, 6.07) is 0.193. The standard InChI is InChI=1S/C18H28N2O/c1-12(19-4)15-20-8-14(21-15)18-7-13-5-16(2,10-18)9-17(3,6-13)11-18/h8,12-13,19H,5-7,9-11H2,1-4H3. The van der Waals surface area contributed by atoms with E-state index in [0.717, 1.165) is 11.8 Å². The summed E-state index contributed by atoms with van der Waals surface area (Å²) in [7, 11) is 1.96. The predicted octanol–water partition coefficient (Wildman–Crippen LogP) is 4.20. The molecule has 1 aromatic heterocycles. The summed E-state index contributed by atoms with van der Waals surface area (Å²) < 4.78 is 6.24. The lowest BCUT2D eigenvalue weighted by Gasteiger charge is -2.64. The van der Waals surface area contributed by atoms with Crippen LogP contribution in [-0.4, -0.2) is 12.0 Å². The van der Waals surface area contributed by atoms with Crippen LogP contribution in [0.2, 0.25) is 0 Å². The van der Waals surface area contributed by atoms with Crippen LogP contribution in [0.4, 0.5) is 0 Å². The summed E-state index contributed by atoms with van der Waals surface area (Å²) in [6.07, 6.45) is 10.2. The molecule has 4 aliphatic carbocycles. The fourth-order valence-electron chi connectivity index (χ4n) is 6.58. The van der Waals surface area contributed by atoms with Crippen molar-refractivity contribution in [2.75, 3.05) is 7.05 Å². The summed E-state index contributed by atoms with van der Waals surface area (Å²) in [6.45, 7) is 7.13. The van der Waals surface area contributed by atoms with Gasteiger partial charge in [0.1, 0.15) is 5.76 Å². The van der Waals surface area contributed by atoms with E-state index in [2.05, 4.69) is 31.1 Å². The Bertz CT molecular complexity index is 545. The van der Waals surface area contributed by atoms with Gasteiger partial charge in [-0.1, -0.05) is 13.8 Å². The SMILES string of the molecule is CNC(C)c1ncc(C23CC4CC(C)(CC(C)(C4)C2)C3)o1. The lowest BCUT2D eigenvalue weighted by atomic mass is 9.40. The first-order chi connectivity index (χ1) is 9.85. The molecule has 3 atom stereocenters. The highest BCUT2D eigenvalue weighted by Crippen LogP contribution is 2.69. The second kappa shape index (κ2) is 4.13. The average molecular weight is 288 g/mol. The summed E-state index contributed by atoms with van der Waals surface area (Å²) in [4.78, 5) is 4.56. The topological polar surface area (TPSA) is 38.1 Å². The summed E-state index contributed by atoms with van der Waals surface area (Å²) in [5.41, 5.74) is 1.31. The highest BCUT2D eigenvalue weighted by Gasteiger charge is 2.61. The van der Waals surface area contributed by atoms with Gasteiger partial charge >= 0.3 is 0 Å². The zero-order valence-corrected chi connectivity index (χ0v) is 13.8. The molecule has 0 saturated heterocycles. The van der Waals surface area contributed by atoms with E-state index in [0.29, 0.717) is 10.8 Å². The van der Waals surface area contributed by atoms with Gasteiger partial charge in [-0.25, -0.2) is 4.98 Å². The molecule has 21 heavy (non-hydrogen) atoms. The molecular weight excluding hydrogens is 260 g/mol. The molecule has 4 bridgehead atoms. The molecule has 4 fully saturated rings. The maximum Gasteiger partial charge on any atom is 0.211 e. The number of hydrogen-bond acceptors (Lipinski definition) is 3. The maximum absolute atomic E-state index is 6.24. The van der Waals surface area contributed by atoms with Gasteiger partial charge in [0.15, 0.2) is 0 Å². The van der Waals surface area contributed by atoms with E-state index in [9.17, 15) is 0 Å².